The first kappa shape index (κ1) is 14.7. The molecule has 0 bridgehead atoms. The molecule has 0 aliphatic heterocycles. The Bertz CT molecular complexity index is 1030. The second-order valence-corrected chi connectivity index (χ2v) is 5.88. The van der Waals surface area contributed by atoms with E-state index in [0.717, 1.165) is 44.7 Å². The summed E-state index contributed by atoms with van der Waals surface area (Å²) in [7, 11) is 3.84. The minimum absolute atomic E-state index is 0.152. The Labute approximate surface area is 139 Å². The van der Waals surface area contributed by atoms with Crippen molar-refractivity contribution in [2.24, 2.45) is 7.05 Å². The summed E-state index contributed by atoms with van der Waals surface area (Å²) in [5, 5.41) is 13.3. The van der Waals surface area contributed by atoms with Gasteiger partial charge in [0.15, 0.2) is 5.82 Å². The van der Waals surface area contributed by atoms with Gasteiger partial charge in [0.05, 0.1) is 11.8 Å². The Morgan fingerprint density at radius 2 is 2.17 bits per heavy atom. The zero-order valence-corrected chi connectivity index (χ0v) is 13.7. The Morgan fingerprint density at radius 3 is 2.96 bits per heavy atom. The lowest BCUT2D eigenvalue weighted by Gasteiger charge is -2.02. The van der Waals surface area contributed by atoms with Gasteiger partial charge in [-0.3, -0.25) is 0 Å². The lowest BCUT2D eigenvalue weighted by Crippen LogP contribution is -1.95. The Kier molecular flexibility index (Phi) is 3.46. The van der Waals surface area contributed by atoms with E-state index in [4.69, 9.17) is 5.11 Å². The van der Waals surface area contributed by atoms with Crippen LogP contribution in [0.15, 0.2) is 36.7 Å². The monoisotopic (exact) mass is 321 g/mol. The van der Waals surface area contributed by atoms with Gasteiger partial charge >= 0.3 is 0 Å². The highest BCUT2D eigenvalue weighted by molar-refractivity contribution is 6.07. The largest absolute Gasteiger partial charge is 0.396 e. The summed E-state index contributed by atoms with van der Waals surface area (Å²) in [6.45, 7) is 0.152. The molecule has 0 amide bonds. The number of H-pyrrole nitrogens is 1. The third kappa shape index (κ3) is 2.23. The smallest absolute Gasteiger partial charge is 0.156 e. The van der Waals surface area contributed by atoms with Crippen LogP contribution in [-0.2, 0) is 13.5 Å². The fraction of sp³-hybridized carbons (Fsp3) is 0.222. The molecule has 3 aromatic heterocycles. The van der Waals surface area contributed by atoms with Gasteiger partial charge in [-0.1, -0.05) is 18.2 Å². The van der Waals surface area contributed by atoms with Gasteiger partial charge in [0.25, 0.3) is 0 Å². The molecule has 3 N–H and O–H groups in total. The number of pyridine rings is 1. The van der Waals surface area contributed by atoms with E-state index in [0.29, 0.717) is 6.42 Å². The summed E-state index contributed by atoms with van der Waals surface area (Å²) in [6, 6.07) is 10.3. The number of nitrogens with zero attached hydrogens (tertiary/aromatic N) is 3. The predicted octanol–water partition coefficient (Wildman–Crippen LogP) is 2.69. The van der Waals surface area contributed by atoms with E-state index in [1.54, 1.807) is 6.33 Å². The van der Waals surface area contributed by atoms with Crippen LogP contribution in [0.25, 0.3) is 33.3 Å². The SMILES string of the molecule is CNc1nc2[nH]c(-c3cccc(CCO)c3)cc2c2c1ncn2C. The molecule has 0 saturated carbocycles. The number of aliphatic hydroxyl groups is 1. The van der Waals surface area contributed by atoms with Gasteiger partial charge in [-0.15, -0.1) is 0 Å². The normalized spacial score (nSPS) is 11.5. The van der Waals surface area contributed by atoms with Crippen LogP contribution < -0.4 is 5.32 Å². The highest BCUT2D eigenvalue weighted by Gasteiger charge is 2.15. The molecule has 1 aromatic carbocycles. The highest BCUT2D eigenvalue weighted by atomic mass is 16.2. The third-order valence-corrected chi connectivity index (χ3v) is 4.31. The molecule has 122 valence electrons. The van der Waals surface area contributed by atoms with E-state index in [-0.39, 0.29) is 6.61 Å². The lowest BCUT2D eigenvalue weighted by atomic mass is 10.1. The number of nitrogens with one attached hydrogen (secondary N) is 2. The fourth-order valence-electron chi connectivity index (χ4n) is 3.15. The summed E-state index contributed by atoms with van der Waals surface area (Å²) in [5.74, 6) is 0.764. The standard InChI is InChI=1S/C18H19N5O/c1-19-18-15-16(23(2)10-20-15)13-9-14(21-17(13)22-18)12-5-3-4-11(8-12)6-7-24/h3-5,8-10,24H,6-7H2,1-2H3,(H2,19,21,22). The van der Waals surface area contributed by atoms with Crippen molar-refractivity contribution < 1.29 is 5.11 Å². The van der Waals surface area contributed by atoms with Crippen molar-refractivity contribution in [3.05, 3.63) is 42.2 Å². The minimum Gasteiger partial charge on any atom is -0.396 e. The molecule has 24 heavy (non-hydrogen) atoms. The average molecular weight is 321 g/mol. The van der Waals surface area contributed by atoms with Crippen LogP contribution in [-0.4, -0.2) is 38.3 Å². The zero-order valence-electron chi connectivity index (χ0n) is 13.7. The van der Waals surface area contributed by atoms with Gasteiger partial charge in [-0.2, -0.15) is 0 Å². The molecule has 0 spiro atoms. The van der Waals surface area contributed by atoms with Crippen molar-refractivity contribution in [1.29, 1.82) is 0 Å². The van der Waals surface area contributed by atoms with Crippen LogP contribution in [0.1, 0.15) is 5.56 Å². The number of aryl methyl sites for hydroxylation is 1. The van der Waals surface area contributed by atoms with E-state index >= 15 is 0 Å². The quantitative estimate of drug-likeness (QED) is 0.540. The predicted molar refractivity (Wildman–Crippen MR) is 96.1 cm³/mol. The van der Waals surface area contributed by atoms with Gasteiger partial charge < -0.3 is 20.0 Å². The van der Waals surface area contributed by atoms with E-state index in [2.05, 4.69) is 38.5 Å². The van der Waals surface area contributed by atoms with E-state index in [1.165, 1.54) is 0 Å². The number of aliphatic hydroxyl groups excluding tert-OH is 1. The number of aromatic amines is 1. The number of fused-ring (bicyclic) bond motifs is 3. The van der Waals surface area contributed by atoms with E-state index in [9.17, 15) is 0 Å². The van der Waals surface area contributed by atoms with E-state index < -0.39 is 0 Å². The van der Waals surface area contributed by atoms with Crippen molar-refractivity contribution in [3.8, 4) is 11.3 Å². The summed E-state index contributed by atoms with van der Waals surface area (Å²) >= 11 is 0. The maximum absolute atomic E-state index is 9.14. The Balaban J connectivity index is 1.94. The molecule has 0 saturated heterocycles. The van der Waals surface area contributed by atoms with Crippen LogP contribution in [0.2, 0.25) is 0 Å². The number of hydrogen-bond donors (Lipinski definition) is 3. The molecule has 6 nitrogen and oxygen atoms in total. The first-order valence-electron chi connectivity index (χ1n) is 7.93. The van der Waals surface area contributed by atoms with Crippen molar-refractivity contribution in [1.82, 2.24) is 19.5 Å². The molecule has 0 aliphatic rings. The second-order valence-electron chi connectivity index (χ2n) is 5.88. The number of aromatic nitrogens is 4. The number of rotatable bonds is 4. The second kappa shape index (κ2) is 5.65. The molecule has 0 aliphatic carbocycles. The molecule has 0 atom stereocenters. The zero-order chi connectivity index (χ0) is 16.7. The molecular formula is C18H19N5O. The molecule has 3 heterocycles. The third-order valence-electron chi connectivity index (χ3n) is 4.31. The highest BCUT2D eigenvalue weighted by Crippen LogP contribution is 2.31. The van der Waals surface area contributed by atoms with Crippen LogP contribution in [0, 0.1) is 0 Å². The average Bonchev–Trinajstić information content (AvgIpc) is 3.18. The van der Waals surface area contributed by atoms with Crippen molar-refractivity contribution in [2.45, 2.75) is 6.42 Å². The molecule has 6 heteroatoms. The van der Waals surface area contributed by atoms with Gasteiger partial charge in [-0.25, -0.2) is 9.97 Å². The number of hydrogen-bond acceptors (Lipinski definition) is 4. The molecular weight excluding hydrogens is 302 g/mol. The molecule has 4 rings (SSSR count). The van der Waals surface area contributed by atoms with Crippen LogP contribution in [0.5, 0.6) is 0 Å². The summed E-state index contributed by atoms with van der Waals surface area (Å²) in [5.41, 5.74) is 5.96. The number of imidazole rings is 1. The number of anilines is 1. The van der Waals surface area contributed by atoms with Gasteiger partial charge in [0, 0.05) is 31.8 Å². The summed E-state index contributed by atoms with van der Waals surface area (Å²) in [6.07, 6.45) is 2.46. The van der Waals surface area contributed by atoms with Gasteiger partial charge in [0.2, 0.25) is 0 Å². The minimum atomic E-state index is 0.152. The Hall–Kier alpha value is -2.86. The topological polar surface area (TPSA) is 78.8 Å². The fourth-order valence-corrected chi connectivity index (χ4v) is 3.15. The van der Waals surface area contributed by atoms with Crippen molar-refractivity contribution >= 4 is 27.9 Å². The molecule has 4 aromatic rings. The van der Waals surface area contributed by atoms with Crippen LogP contribution >= 0.6 is 0 Å². The van der Waals surface area contributed by atoms with Crippen LogP contribution in [0.3, 0.4) is 0 Å². The summed E-state index contributed by atoms with van der Waals surface area (Å²) in [4.78, 5) is 12.5. The van der Waals surface area contributed by atoms with Crippen molar-refractivity contribution in [3.63, 3.8) is 0 Å². The maximum atomic E-state index is 9.14. The first-order valence-corrected chi connectivity index (χ1v) is 7.93. The molecule has 0 unspecified atom stereocenters. The summed E-state index contributed by atoms with van der Waals surface area (Å²) < 4.78 is 2.01. The Morgan fingerprint density at radius 1 is 1.29 bits per heavy atom. The lowest BCUT2D eigenvalue weighted by molar-refractivity contribution is 0.299. The molecule has 0 fully saturated rings. The molecule has 0 radical (unpaired) electrons. The van der Waals surface area contributed by atoms with Gasteiger partial charge in [-0.05, 0) is 29.7 Å². The van der Waals surface area contributed by atoms with Crippen LogP contribution in [0.4, 0.5) is 5.82 Å². The first-order chi connectivity index (χ1) is 11.7. The van der Waals surface area contributed by atoms with Gasteiger partial charge in [0.1, 0.15) is 11.2 Å². The van der Waals surface area contributed by atoms with E-state index in [1.807, 2.05) is 30.8 Å². The number of benzene rings is 1. The van der Waals surface area contributed by atoms with Crippen molar-refractivity contribution in [2.75, 3.05) is 19.0 Å². The maximum Gasteiger partial charge on any atom is 0.156 e.